The summed E-state index contributed by atoms with van der Waals surface area (Å²) in [5, 5.41) is 0. The monoisotopic (exact) mass is 310 g/mol. The Morgan fingerprint density at radius 1 is 0.800 bits per heavy atom. The summed E-state index contributed by atoms with van der Waals surface area (Å²) >= 11 is 1.89. The van der Waals surface area contributed by atoms with Crippen LogP contribution in [-0.4, -0.2) is 0 Å². The van der Waals surface area contributed by atoms with Crippen LogP contribution in [0.15, 0.2) is 54.6 Å². The maximum atomic E-state index is 4.90. The van der Waals surface area contributed by atoms with E-state index in [1.54, 1.807) is 0 Å². The number of rotatable bonds is 2. The molecule has 1 aromatic carbocycles. The van der Waals surface area contributed by atoms with Crippen molar-refractivity contribution in [3.63, 3.8) is 0 Å². The molecule has 0 amide bonds. The number of fused-ring (bicyclic) bond motifs is 1. The fourth-order valence-electron chi connectivity index (χ4n) is 1.30. The highest BCUT2D eigenvalue weighted by Crippen LogP contribution is 2.29. The van der Waals surface area contributed by atoms with E-state index in [-0.39, 0.29) is 0 Å². The van der Waals surface area contributed by atoms with E-state index in [1.807, 2.05) is 53.3 Å². The summed E-state index contributed by atoms with van der Waals surface area (Å²) in [6.07, 6.45) is 0. The van der Waals surface area contributed by atoms with Gasteiger partial charge in [-0.1, -0.05) is 54.6 Å². The molecule has 2 aliphatic carbocycles. The smallest absolute Gasteiger partial charge is 0.110 e. The van der Waals surface area contributed by atoms with Gasteiger partial charge in [0.1, 0.15) is 23.0 Å². The van der Waals surface area contributed by atoms with Gasteiger partial charge in [0, 0.05) is 0 Å². The van der Waals surface area contributed by atoms with Gasteiger partial charge >= 0.3 is 0 Å². The van der Waals surface area contributed by atoms with Crippen molar-refractivity contribution in [3.05, 3.63) is 60.2 Å². The van der Waals surface area contributed by atoms with Crippen LogP contribution in [0.25, 0.3) is 11.1 Å². The van der Waals surface area contributed by atoms with E-state index in [1.165, 1.54) is 16.7 Å². The van der Waals surface area contributed by atoms with Crippen LogP contribution in [0, 0.1) is 0 Å². The first kappa shape index (κ1) is 10.6. The van der Waals surface area contributed by atoms with E-state index in [0.717, 1.165) is 0 Å². The van der Waals surface area contributed by atoms with Crippen molar-refractivity contribution >= 4 is 23.0 Å². The Hall–Kier alpha value is -0.870. The number of hydrogen-bond acceptors (Lipinski definition) is 1. The molecule has 0 unspecified atom stereocenters. The molecule has 0 saturated heterocycles. The van der Waals surface area contributed by atoms with Crippen LogP contribution < -0.4 is 0 Å². The maximum absolute atomic E-state index is 4.90. The Morgan fingerprint density at radius 2 is 1.33 bits per heavy atom. The maximum Gasteiger partial charge on any atom is 0.110 e. The van der Waals surface area contributed by atoms with Crippen LogP contribution in [0.1, 0.15) is 5.56 Å². The Bertz CT molecular complexity index is 387. The minimum Gasteiger partial charge on any atom is -0.311 e. The zero-order valence-corrected chi connectivity index (χ0v) is 10.3. The van der Waals surface area contributed by atoms with Crippen LogP contribution in [-0.2, 0) is 9.67 Å². The van der Waals surface area contributed by atoms with Gasteiger partial charge in [0.2, 0.25) is 0 Å². The molecule has 2 aliphatic rings. The van der Waals surface area contributed by atoms with Gasteiger partial charge in [-0.2, -0.15) is 0 Å². The molecule has 0 bridgehead atoms. The molecule has 0 fully saturated rings. The first-order valence-electron chi connectivity index (χ1n) is 4.78. The predicted molar refractivity (Wildman–Crippen MR) is 70.7 cm³/mol. The number of benzene rings is 2. The molecule has 1 aromatic rings. The summed E-state index contributed by atoms with van der Waals surface area (Å²) in [5.74, 6) is 0. The Labute approximate surface area is 104 Å². The van der Waals surface area contributed by atoms with Crippen LogP contribution in [0.3, 0.4) is 0 Å². The molecule has 0 radical (unpaired) electrons. The van der Waals surface area contributed by atoms with E-state index >= 15 is 0 Å². The van der Waals surface area contributed by atoms with Gasteiger partial charge in [-0.3, -0.25) is 0 Å². The van der Waals surface area contributed by atoms with Gasteiger partial charge in [0.25, 0.3) is 0 Å². The molecule has 2 heteroatoms. The highest BCUT2D eigenvalue weighted by Gasteiger charge is 2.03. The predicted octanol–water partition coefficient (Wildman–Crippen LogP) is 4.22. The molecule has 0 spiro atoms. The molecule has 15 heavy (non-hydrogen) atoms. The second kappa shape index (κ2) is 5.28. The molecular weight excluding hydrogens is 299 g/mol. The average Bonchev–Trinajstić information content (AvgIpc) is 2.26. The van der Waals surface area contributed by atoms with Gasteiger partial charge in [0.15, 0.2) is 0 Å². The highest BCUT2D eigenvalue weighted by atomic mass is 127. The van der Waals surface area contributed by atoms with Gasteiger partial charge < -0.3 is 3.07 Å². The zero-order chi connectivity index (χ0) is 10.5. The summed E-state index contributed by atoms with van der Waals surface area (Å²) in [7, 11) is 0. The molecule has 0 saturated carbocycles. The van der Waals surface area contributed by atoms with Crippen molar-refractivity contribution in [2.45, 2.75) is 6.61 Å². The normalized spacial score (nSPS) is 10.2. The van der Waals surface area contributed by atoms with E-state index in [4.69, 9.17) is 3.07 Å². The van der Waals surface area contributed by atoms with E-state index in [2.05, 4.69) is 24.3 Å². The van der Waals surface area contributed by atoms with Gasteiger partial charge in [-0.25, -0.2) is 0 Å². The average molecular weight is 310 g/mol. The summed E-state index contributed by atoms with van der Waals surface area (Å²) < 4.78 is 4.90. The molecule has 76 valence electrons. The Kier molecular flexibility index (Phi) is 3.75. The molecule has 0 aliphatic heterocycles. The van der Waals surface area contributed by atoms with Crippen molar-refractivity contribution in [1.82, 2.24) is 0 Å². The minimum atomic E-state index is 0.696. The Morgan fingerprint density at radius 3 is 1.67 bits per heavy atom. The van der Waals surface area contributed by atoms with Crippen LogP contribution >= 0.6 is 23.0 Å². The standard InChI is InChI=1S/C7H7IO.C6H4/c8-9-6-7-4-2-1-3-5-7;1-2-6-4-3-5(1)6/h1-5H,6H2;1-4H. The lowest BCUT2D eigenvalue weighted by molar-refractivity contribution is 0.418. The first-order chi connectivity index (χ1) is 7.40. The van der Waals surface area contributed by atoms with E-state index in [0.29, 0.717) is 6.61 Å². The van der Waals surface area contributed by atoms with Gasteiger partial charge in [-0.05, 0) is 16.7 Å². The SMILES string of the molecule is IOCc1ccccc1.c1cc2ccc1-2. The van der Waals surface area contributed by atoms with Crippen molar-refractivity contribution in [2.75, 3.05) is 0 Å². The largest absolute Gasteiger partial charge is 0.311 e. The highest BCUT2D eigenvalue weighted by molar-refractivity contribution is 14.1. The van der Waals surface area contributed by atoms with Crippen molar-refractivity contribution in [2.24, 2.45) is 0 Å². The fraction of sp³-hybridized carbons (Fsp3) is 0.0769. The van der Waals surface area contributed by atoms with Crippen molar-refractivity contribution < 1.29 is 3.07 Å². The van der Waals surface area contributed by atoms with Crippen LogP contribution in [0.5, 0.6) is 0 Å². The second-order valence-corrected chi connectivity index (χ2v) is 3.94. The van der Waals surface area contributed by atoms with Gasteiger partial charge in [0.05, 0.1) is 6.61 Å². The fourth-order valence-corrected chi connectivity index (χ4v) is 1.66. The van der Waals surface area contributed by atoms with Crippen LogP contribution in [0.4, 0.5) is 0 Å². The lowest BCUT2D eigenvalue weighted by atomic mass is 9.95. The number of hydrogen-bond donors (Lipinski definition) is 0. The molecule has 0 atom stereocenters. The summed E-state index contributed by atoms with van der Waals surface area (Å²) in [6.45, 7) is 0.696. The first-order valence-corrected chi connectivity index (χ1v) is 5.66. The topological polar surface area (TPSA) is 9.23 Å². The van der Waals surface area contributed by atoms with Crippen molar-refractivity contribution in [3.8, 4) is 11.1 Å². The van der Waals surface area contributed by atoms with E-state index < -0.39 is 0 Å². The molecule has 3 rings (SSSR count). The third-order valence-electron chi connectivity index (χ3n) is 2.28. The molecule has 0 N–H and O–H groups in total. The molecular formula is C13H11IO. The lowest BCUT2D eigenvalue weighted by Crippen LogP contribution is -1.85. The van der Waals surface area contributed by atoms with Gasteiger partial charge in [-0.15, -0.1) is 0 Å². The third kappa shape index (κ3) is 2.79. The summed E-state index contributed by atoms with van der Waals surface area (Å²) in [5.41, 5.74) is 4.07. The Balaban J connectivity index is 0.000000121. The van der Waals surface area contributed by atoms with Crippen LogP contribution in [0.2, 0.25) is 0 Å². The molecule has 0 aromatic heterocycles. The minimum absolute atomic E-state index is 0.696. The van der Waals surface area contributed by atoms with Crippen molar-refractivity contribution in [1.29, 1.82) is 0 Å². The molecule has 1 nitrogen and oxygen atoms in total. The number of halogens is 1. The molecule has 0 heterocycles. The quantitative estimate of drug-likeness (QED) is 0.644. The van der Waals surface area contributed by atoms with E-state index in [9.17, 15) is 0 Å². The summed E-state index contributed by atoms with van der Waals surface area (Å²) in [4.78, 5) is 0. The lowest BCUT2D eigenvalue weighted by Gasteiger charge is -2.10. The summed E-state index contributed by atoms with van der Waals surface area (Å²) in [6, 6.07) is 18.6. The zero-order valence-electron chi connectivity index (χ0n) is 8.19. The third-order valence-corrected chi connectivity index (χ3v) is 2.59. The second-order valence-electron chi connectivity index (χ2n) is 3.32.